The van der Waals surface area contributed by atoms with Crippen LogP contribution >= 0.6 is 13.5 Å². The van der Waals surface area contributed by atoms with Crippen LogP contribution < -0.4 is 11.1 Å². The molecule has 3 aromatic rings. The highest BCUT2D eigenvalue weighted by Gasteiger charge is 2.26. The molecule has 1 atom stereocenters. The third-order valence-electron chi connectivity index (χ3n) is 5.45. The van der Waals surface area contributed by atoms with Crippen LogP contribution in [0.4, 0.5) is 0 Å². The van der Waals surface area contributed by atoms with E-state index in [0.717, 1.165) is 5.56 Å². The molecule has 0 unspecified atom stereocenters. The molecule has 4 amide bonds. The van der Waals surface area contributed by atoms with Gasteiger partial charge in [0, 0.05) is 60.0 Å². The molecule has 1 fully saturated rings. The van der Waals surface area contributed by atoms with E-state index in [-0.39, 0.29) is 61.5 Å². The number of carbonyl (C=O) groups excluding carboxylic acids is 5. The normalized spacial score (nSPS) is 11.9. The maximum atomic E-state index is 12.0. The van der Waals surface area contributed by atoms with Crippen molar-refractivity contribution < 1.29 is 39.1 Å². The molecule has 2 aromatic heterocycles. The number of aromatic nitrogens is 2. The Kier molecular flexibility index (Phi) is 19.8. The first-order valence-electron chi connectivity index (χ1n) is 12.5. The second-order valence-electron chi connectivity index (χ2n) is 8.55. The van der Waals surface area contributed by atoms with Gasteiger partial charge < -0.3 is 16.2 Å². The van der Waals surface area contributed by atoms with Crippen LogP contribution in [0.15, 0.2) is 79.1 Å². The number of nitrogens with one attached hydrogen (secondary N) is 1. The highest BCUT2D eigenvalue weighted by molar-refractivity contribution is 8.07. The average Bonchev–Trinajstić information content (AvgIpc) is 3.33. The van der Waals surface area contributed by atoms with Crippen LogP contribution in [0.3, 0.4) is 0 Å². The van der Waals surface area contributed by atoms with Crippen molar-refractivity contribution in [2.24, 2.45) is 11.7 Å². The number of Topliss-reactive ketones (excluding diaryl/α,β-unsaturated/α-hetero) is 1. The summed E-state index contributed by atoms with van der Waals surface area (Å²) in [6.45, 7) is -0.159. The second kappa shape index (κ2) is 22.1. The number of aromatic carboxylic acids is 1. The summed E-state index contributed by atoms with van der Waals surface area (Å²) in [6.07, 6.45) is 3.64. The van der Waals surface area contributed by atoms with E-state index >= 15 is 0 Å². The molecule has 3 heterocycles. The Morgan fingerprint density at radius 1 is 0.864 bits per heavy atom. The highest BCUT2D eigenvalue weighted by Crippen LogP contribution is 2.12. The highest BCUT2D eigenvalue weighted by atomic mass is 32.8. The maximum absolute atomic E-state index is 12.0. The van der Waals surface area contributed by atoms with Crippen molar-refractivity contribution in [2.45, 2.75) is 25.7 Å². The zero-order valence-corrected chi connectivity index (χ0v) is 25.8. The van der Waals surface area contributed by atoms with Crippen molar-refractivity contribution in [3.05, 3.63) is 96.1 Å². The van der Waals surface area contributed by atoms with Gasteiger partial charge in [-0.05, 0) is 36.2 Å². The number of rotatable bonds is 9. The molecule has 0 aliphatic carbocycles. The number of carbonyl (C=O) groups is 6. The van der Waals surface area contributed by atoms with E-state index in [0.29, 0.717) is 6.42 Å². The van der Waals surface area contributed by atoms with Gasteiger partial charge in [0.25, 0.3) is 17.7 Å². The fraction of sp³-hybridized carbons (Fsp3) is 0.214. The van der Waals surface area contributed by atoms with Gasteiger partial charge in [0.05, 0.1) is 6.54 Å². The van der Waals surface area contributed by atoms with Gasteiger partial charge in [-0.3, -0.25) is 34.2 Å². The number of benzene rings is 1. The molecular formula is C28H31N5O8S3. The van der Waals surface area contributed by atoms with Crippen molar-refractivity contribution in [3.8, 4) is 0 Å². The monoisotopic (exact) mass is 661 g/mol. The van der Waals surface area contributed by atoms with Crippen molar-refractivity contribution >= 4 is 71.3 Å². The Labute approximate surface area is 269 Å². The first kappa shape index (κ1) is 39.5. The Morgan fingerprint density at radius 2 is 1.36 bits per heavy atom. The summed E-state index contributed by atoms with van der Waals surface area (Å²) in [7, 11) is 0. The lowest BCUT2D eigenvalue weighted by Gasteiger charge is -2.13. The van der Waals surface area contributed by atoms with Crippen LogP contribution in [0.5, 0.6) is 0 Å². The zero-order valence-electron chi connectivity index (χ0n) is 23.2. The third-order valence-corrected chi connectivity index (χ3v) is 5.45. The molecule has 4 rings (SSSR count). The first-order chi connectivity index (χ1) is 20.6. The quantitative estimate of drug-likeness (QED) is 0.190. The molecule has 1 aliphatic heterocycles. The van der Waals surface area contributed by atoms with E-state index in [4.69, 9.17) is 16.0 Å². The van der Waals surface area contributed by atoms with Crippen LogP contribution in [-0.4, -0.2) is 67.3 Å². The molecule has 44 heavy (non-hydrogen) atoms. The summed E-state index contributed by atoms with van der Waals surface area (Å²) in [5.74, 6) is -3.79. The minimum atomic E-state index is -0.990. The predicted molar refractivity (Wildman–Crippen MR) is 168 cm³/mol. The van der Waals surface area contributed by atoms with Crippen LogP contribution in [0.25, 0.3) is 0 Å². The summed E-state index contributed by atoms with van der Waals surface area (Å²) in [6, 6.07) is 19.1. The van der Waals surface area contributed by atoms with Gasteiger partial charge in [-0.25, -0.2) is 9.78 Å². The number of nitrogens with zero attached hydrogens (tertiary/aromatic N) is 3. The molecule has 0 spiro atoms. The van der Waals surface area contributed by atoms with E-state index in [2.05, 4.69) is 37.7 Å². The van der Waals surface area contributed by atoms with Gasteiger partial charge in [-0.15, -0.1) is 0 Å². The van der Waals surface area contributed by atoms with E-state index in [1.165, 1.54) is 18.5 Å². The molecule has 1 saturated heterocycles. The topological polar surface area (TPSA) is 210 Å². The lowest BCUT2D eigenvalue weighted by atomic mass is 9.93. The second-order valence-corrected chi connectivity index (χ2v) is 8.55. The van der Waals surface area contributed by atoms with E-state index in [9.17, 15) is 28.8 Å². The number of ketones is 1. The van der Waals surface area contributed by atoms with Gasteiger partial charge in [0.1, 0.15) is 11.4 Å². The van der Waals surface area contributed by atoms with Gasteiger partial charge in [-0.2, -0.15) is 18.6 Å². The number of hydrogen-bond acceptors (Lipinski definition) is 11. The largest absolute Gasteiger partial charge is 0.477 e. The zero-order chi connectivity index (χ0) is 32.2. The molecule has 5 N–H and O–H groups in total. The number of hydroxylamine groups is 2. The summed E-state index contributed by atoms with van der Waals surface area (Å²) >= 11 is 7.33. The summed E-state index contributed by atoms with van der Waals surface area (Å²) < 4.78 is 0. The number of imide groups is 1. The minimum Gasteiger partial charge on any atom is -0.477 e. The number of hydrogen-bond donors (Lipinski definition) is 4. The fourth-order valence-electron chi connectivity index (χ4n) is 3.34. The van der Waals surface area contributed by atoms with E-state index in [1.54, 1.807) is 30.3 Å². The van der Waals surface area contributed by atoms with Crippen molar-refractivity contribution in [2.75, 3.05) is 6.54 Å². The van der Waals surface area contributed by atoms with E-state index in [1.807, 2.05) is 30.3 Å². The number of primary amides is 1. The Balaban J connectivity index is 0.000000754. The summed E-state index contributed by atoms with van der Waals surface area (Å²) in [5.41, 5.74) is 6.65. The first-order valence-corrected chi connectivity index (χ1v) is 13.8. The Hall–Kier alpha value is -4.51. The van der Waals surface area contributed by atoms with Gasteiger partial charge in [0.15, 0.2) is 5.78 Å². The number of amides is 4. The van der Waals surface area contributed by atoms with Crippen LogP contribution in [0, 0.1) is 5.92 Å². The fourth-order valence-corrected chi connectivity index (χ4v) is 3.34. The van der Waals surface area contributed by atoms with Crippen molar-refractivity contribution in [1.29, 1.82) is 0 Å². The number of pyridine rings is 2. The standard InChI is InChI=1S/C18H19N3O3.C6H5NO2.C4H5NO3.S2.H2S/c19-17(23)14(10-13-6-2-1-3-7-13)11-15(22)12-21-18(24)16-8-4-5-9-20-16;8-6(9)5-3-1-2-4-7-5;6-3-1-2-4(7)5(3)8;1-2;/h1-9,14H,10-12H2,(H2,19,23)(H,21,24);1-4H,(H,8,9);8H,1-2H2;;1H2/t14-;;;;/m1..../s1. The Morgan fingerprint density at radius 3 is 1.75 bits per heavy atom. The molecule has 1 aromatic carbocycles. The van der Waals surface area contributed by atoms with Crippen LogP contribution in [0.1, 0.15) is 45.8 Å². The Bertz CT molecular complexity index is 1350. The molecular weight excluding hydrogens is 631 g/mol. The van der Waals surface area contributed by atoms with Crippen LogP contribution in [-0.2, 0) is 48.0 Å². The number of carboxylic acid groups (broad SMARTS) is 1. The SMILES string of the molecule is NC(=O)[C@@H](CC(=O)CNC(=O)c1ccccn1)Cc1ccccc1.O=C(O)c1ccccn1.O=C1CCC(=O)N1O.S.S=S. The molecule has 0 radical (unpaired) electrons. The summed E-state index contributed by atoms with van der Waals surface area (Å²) in [5, 5.41) is 19.4. The predicted octanol–water partition coefficient (Wildman–Crippen LogP) is 1.53. The lowest BCUT2D eigenvalue weighted by Crippen LogP contribution is -2.34. The van der Waals surface area contributed by atoms with Crippen LogP contribution in [0.2, 0.25) is 0 Å². The van der Waals surface area contributed by atoms with Gasteiger partial charge in [0.2, 0.25) is 5.91 Å². The average molecular weight is 662 g/mol. The molecule has 13 nitrogen and oxygen atoms in total. The third kappa shape index (κ3) is 15.1. The van der Waals surface area contributed by atoms with Gasteiger partial charge in [-0.1, -0.05) is 42.5 Å². The smallest absolute Gasteiger partial charge is 0.354 e. The number of carboxylic acids is 1. The maximum Gasteiger partial charge on any atom is 0.354 e. The van der Waals surface area contributed by atoms with Gasteiger partial charge >= 0.3 is 5.97 Å². The molecule has 16 heteroatoms. The van der Waals surface area contributed by atoms with Crippen molar-refractivity contribution in [1.82, 2.24) is 20.3 Å². The molecule has 1 aliphatic rings. The molecule has 0 saturated carbocycles. The number of nitrogens with two attached hydrogens (primary N) is 1. The van der Waals surface area contributed by atoms with Crippen molar-refractivity contribution in [3.63, 3.8) is 0 Å². The lowest BCUT2D eigenvalue weighted by molar-refractivity contribution is -0.171. The van der Waals surface area contributed by atoms with E-state index < -0.39 is 35.5 Å². The molecule has 234 valence electrons. The summed E-state index contributed by atoms with van der Waals surface area (Å²) in [4.78, 5) is 73.6. The molecule has 0 bridgehead atoms. The minimum absolute atomic E-state index is 0.